The molecule has 0 spiro atoms. The van der Waals surface area contributed by atoms with Gasteiger partial charge in [0, 0.05) is 12.2 Å². The van der Waals surface area contributed by atoms with E-state index in [0.29, 0.717) is 6.61 Å². The molecule has 11 heteroatoms. The van der Waals surface area contributed by atoms with Crippen LogP contribution in [0.4, 0.5) is 4.79 Å². The van der Waals surface area contributed by atoms with E-state index in [4.69, 9.17) is 22.4 Å². The lowest BCUT2D eigenvalue weighted by molar-refractivity contribution is -0.144. The van der Waals surface area contributed by atoms with Crippen LogP contribution in [0.3, 0.4) is 0 Å². The Morgan fingerprint density at radius 3 is 1.93 bits per heavy atom. The summed E-state index contributed by atoms with van der Waals surface area (Å²) >= 11 is 0. The molecule has 0 aliphatic heterocycles. The van der Waals surface area contributed by atoms with Crippen LogP contribution in [0, 0.1) is 0 Å². The molecule has 0 fully saturated rings. The third kappa shape index (κ3) is 15.8. The fourth-order valence-electron chi connectivity index (χ4n) is 2.71. The SMILES string of the molecule is C=C(C)C(=O)OC(C)NC(=O)OCCOCCC[Si](C)(O[Si](C)(C)C)O[Si](C)(C)C. The minimum Gasteiger partial charge on any atom is -0.447 e. The smallest absolute Gasteiger partial charge is 0.410 e. The van der Waals surface area contributed by atoms with Gasteiger partial charge in [0.1, 0.15) is 6.61 Å². The molecule has 0 aliphatic carbocycles. The normalized spacial score (nSPS) is 13.5. The van der Waals surface area contributed by atoms with E-state index >= 15 is 0 Å². The Labute approximate surface area is 185 Å². The summed E-state index contributed by atoms with van der Waals surface area (Å²) in [4.78, 5) is 23.0. The molecule has 0 heterocycles. The van der Waals surface area contributed by atoms with Crippen molar-refractivity contribution in [2.75, 3.05) is 19.8 Å². The largest absolute Gasteiger partial charge is 0.447 e. The lowest BCUT2D eigenvalue weighted by Gasteiger charge is -2.38. The quantitative estimate of drug-likeness (QED) is 0.130. The van der Waals surface area contributed by atoms with Gasteiger partial charge in [-0.3, -0.25) is 5.32 Å². The third-order valence-corrected chi connectivity index (χ3v) is 13.0. The summed E-state index contributed by atoms with van der Waals surface area (Å²) in [5.41, 5.74) is 0.259. The molecular weight excluding hydrogens is 438 g/mol. The zero-order valence-electron chi connectivity index (χ0n) is 20.2. The highest BCUT2D eigenvalue weighted by atomic mass is 28.5. The molecule has 0 aromatic heterocycles. The number of rotatable bonds is 14. The number of carbonyl (C=O) groups excluding carboxylic acids is 2. The van der Waals surface area contributed by atoms with Crippen LogP contribution in [0.5, 0.6) is 0 Å². The maximum absolute atomic E-state index is 11.7. The Hall–Kier alpha value is -0.989. The molecule has 0 rings (SSSR count). The van der Waals surface area contributed by atoms with E-state index in [1.807, 2.05) is 0 Å². The zero-order chi connectivity index (χ0) is 23.6. The number of hydrogen-bond acceptors (Lipinski definition) is 7. The van der Waals surface area contributed by atoms with Gasteiger partial charge in [0.25, 0.3) is 0 Å². The molecule has 176 valence electrons. The summed E-state index contributed by atoms with van der Waals surface area (Å²) in [7, 11) is -5.64. The molecule has 1 N–H and O–H groups in total. The van der Waals surface area contributed by atoms with Gasteiger partial charge in [-0.05, 0) is 72.1 Å². The number of hydrogen-bond donors (Lipinski definition) is 1. The monoisotopic (exact) mass is 479 g/mol. The average Bonchev–Trinajstić information content (AvgIpc) is 2.49. The molecule has 30 heavy (non-hydrogen) atoms. The highest BCUT2D eigenvalue weighted by Crippen LogP contribution is 2.25. The summed E-state index contributed by atoms with van der Waals surface area (Å²) in [5, 5.41) is 2.41. The second-order valence-electron chi connectivity index (χ2n) is 9.39. The minimum absolute atomic E-state index is 0.110. The molecule has 0 saturated carbocycles. The van der Waals surface area contributed by atoms with Crippen LogP contribution < -0.4 is 5.32 Å². The lowest BCUT2D eigenvalue weighted by atomic mass is 10.4. The van der Waals surface area contributed by atoms with E-state index in [1.54, 1.807) is 0 Å². The van der Waals surface area contributed by atoms with Crippen molar-refractivity contribution in [2.45, 2.75) is 78.4 Å². The van der Waals surface area contributed by atoms with Crippen LogP contribution in [0.2, 0.25) is 51.9 Å². The van der Waals surface area contributed by atoms with Crippen molar-refractivity contribution in [2.24, 2.45) is 0 Å². The highest BCUT2D eigenvalue weighted by Gasteiger charge is 2.39. The van der Waals surface area contributed by atoms with Gasteiger partial charge in [-0.2, -0.15) is 0 Å². The van der Waals surface area contributed by atoms with Crippen LogP contribution in [0.15, 0.2) is 12.2 Å². The van der Waals surface area contributed by atoms with Gasteiger partial charge in [0.15, 0.2) is 22.9 Å². The molecule has 0 aliphatic rings. The van der Waals surface area contributed by atoms with Crippen molar-refractivity contribution in [3.63, 3.8) is 0 Å². The predicted octanol–water partition coefficient (Wildman–Crippen LogP) is 4.36. The predicted molar refractivity (Wildman–Crippen MR) is 126 cm³/mol. The first-order valence-corrected chi connectivity index (χ1v) is 19.6. The van der Waals surface area contributed by atoms with Gasteiger partial charge in [0.2, 0.25) is 0 Å². The Morgan fingerprint density at radius 2 is 1.47 bits per heavy atom. The van der Waals surface area contributed by atoms with Crippen molar-refractivity contribution in [1.29, 1.82) is 0 Å². The molecule has 8 nitrogen and oxygen atoms in total. The molecule has 1 atom stereocenters. The second kappa shape index (κ2) is 12.8. The number of esters is 1. The Bertz CT molecular complexity index is 557. The summed E-state index contributed by atoms with van der Waals surface area (Å²) in [6.45, 7) is 22.7. The minimum atomic E-state index is -2.25. The maximum Gasteiger partial charge on any atom is 0.410 e. The molecule has 0 aromatic carbocycles. The highest BCUT2D eigenvalue weighted by molar-refractivity contribution is 6.87. The first-order valence-electron chi connectivity index (χ1n) is 10.3. The molecule has 0 bridgehead atoms. The summed E-state index contributed by atoms with van der Waals surface area (Å²) in [6, 6.07) is 0.870. The summed E-state index contributed by atoms with van der Waals surface area (Å²) in [6.07, 6.45) is -0.645. The fourth-order valence-corrected chi connectivity index (χ4v) is 15.2. The van der Waals surface area contributed by atoms with E-state index in [9.17, 15) is 9.59 Å². The van der Waals surface area contributed by atoms with E-state index in [-0.39, 0.29) is 18.8 Å². The zero-order valence-corrected chi connectivity index (χ0v) is 23.2. The topological polar surface area (TPSA) is 92.3 Å². The molecular formula is C19H41NO7Si3. The Balaban J connectivity index is 4.14. The summed E-state index contributed by atoms with van der Waals surface area (Å²) in [5.74, 6) is -0.571. The van der Waals surface area contributed by atoms with Crippen LogP contribution in [0.25, 0.3) is 0 Å². The molecule has 0 radical (unpaired) electrons. The first kappa shape index (κ1) is 29.0. The number of alkyl carbamates (subject to hydrolysis) is 1. The van der Waals surface area contributed by atoms with Crippen molar-refractivity contribution < 1.29 is 32.0 Å². The maximum atomic E-state index is 11.7. The number of carbonyl (C=O) groups is 2. The van der Waals surface area contributed by atoms with Gasteiger partial charge in [-0.25, -0.2) is 9.59 Å². The molecule has 0 saturated heterocycles. The van der Waals surface area contributed by atoms with Crippen LogP contribution >= 0.6 is 0 Å². The van der Waals surface area contributed by atoms with Crippen molar-refractivity contribution >= 4 is 37.3 Å². The second-order valence-corrected chi connectivity index (χ2v) is 22.2. The van der Waals surface area contributed by atoms with Gasteiger partial charge >= 0.3 is 20.6 Å². The standard InChI is InChI=1S/C19H41NO7Si3/c1-16(2)18(21)25-17(3)20-19(22)24-14-13-23-12-11-15-30(10,26-28(4,5)6)27-29(7,8)9/h17H,1,11-15H2,2-10H3,(H,20,22). The lowest BCUT2D eigenvalue weighted by Crippen LogP contribution is -2.52. The number of amides is 1. The van der Waals surface area contributed by atoms with Gasteiger partial charge < -0.3 is 22.4 Å². The number of ether oxygens (including phenoxy) is 3. The average molecular weight is 480 g/mol. The van der Waals surface area contributed by atoms with E-state index in [2.05, 4.69) is 57.7 Å². The van der Waals surface area contributed by atoms with E-state index < -0.39 is 43.5 Å². The van der Waals surface area contributed by atoms with Gasteiger partial charge in [-0.1, -0.05) is 6.58 Å². The van der Waals surface area contributed by atoms with Gasteiger partial charge in [0.05, 0.1) is 6.61 Å². The first-order chi connectivity index (χ1) is 13.5. The third-order valence-electron chi connectivity index (χ3n) is 3.38. The fraction of sp³-hybridized carbons (Fsp3) is 0.789. The Morgan fingerprint density at radius 1 is 0.933 bits per heavy atom. The Kier molecular flexibility index (Phi) is 12.3. The number of nitrogens with one attached hydrogen (secondary N) is 1. The van der Waals surface area contributed by atoms with Crippen molar-refractivity contribution in [3.8, 4) is 0 Å². The molecule has 0 aromatic rings. The van der Waals surface area contributed by atoms with E-state index in [1.165, 1.54) is 13.8 Å². The summed E-state index contributed by atoms with van der Waals surface area (Å²) < 4.78 is 28.4. The van der Waals surface area contributed by atoms with Crippen LogP contribution in [0.1, 0.15) is 20.3 Å². The van der Waals surface area contributed by atoms with E-state index in [0.717, 1.165) is 12.5 Å². The molecule has 1 unspecified atom stereocenters. The molecule has 1 amide bonds. The van der Waals surface area contributed by atoms with Crippen LogP contribution in [-0.4, -0.2) is 63.3 Å². The van der Waals surface area contributed by atoms with Gasteiger partial charge in [-0.15, -0.1) is 0 Å². The van der Waals surface area contributed by atoms with Crippen molar-refractivity contribution in [3.05, 3.63) is 12.2 Å². The van der Waals surface area contributed by atoms with Crippen LogP contribution in [-0.2, 0) is 27.2 Å². The van der Waals surface area contributed by atoms with Crippen molar-refractivity contribution in [1.82, 2.24) is 5.32 Å².